The number of hydrogen-bond donors (Lipinski definition) is 1. The minimum absolute atomic E-state index is 0.0684. The van der Waals surface area contributed by atoms with Crippen molar-refractivity contribution >= 4 is 12.0 Å². The second kappa shape index (κ2) is 8.77. The highest BCUT2D eigenvalue weighted by Crippen LogP contribution is 2.36. The summed E-state index contributed by atoms with van der Waals surface area (Å²) < 4.78 is 17.1. The number of carbonyl (C=O) groups excluding carboxylic acids is 2. The molecular formula is C24H28N4O5. The van der Waals surface area contributed by atoms with Crippen LogP contribution in [0, 0.1) is 11.3 Å². The number of nitriles is 1. The number of carbonyl (C=O) groups is 2. The highest BCUT2D eigenvalue weighted by molar-refractivity contribution is 5.90. The van der Waals surface area contributed by atoms with Crippen molar-refractivity contribution in [3.05, 3.63) is 35.9 Å². The van der Waals surface area contributed by atoms with Gasteiger partial charge in [-0.3, -0.25) is 4.79 Å². The average molecular weight is 453 g/mol. The van der Waals surface area contributed by atoms with Crippen molar-refractivity contribution in [1.82, 2.24) is 15.2 Å². The van der Waals surface area contributed by atoms with Crippen molar-refractivity contribution in [2.75, 3.05) is 6.54 Å². The molecule has 9 nitrogen and oxygen atoms in total. The number of benzene rings is 1. The fourth-order valence-electron chi connectivity index (χ4n) is 3.72. The molecule has 0 spiro atoms. The maximum absolute atomic E-state index is 12.8. The van der Waals surface area contributed by atoms with Gasteiger partial charge in [-0.1, -0.05) is 0 Å². The molecule has 174 valence electrons. The highest BCUT2D eigenvalue weighted by atomic mass is 16.6. The number of aromatic nitrogens is 1. The molecule has 0 radical (unpaired) electrons. The molecule has 33 heavy (non-hydrogen) atoms. The Balaban J connectivity index is 1.44. The van der Waals surface area contributed by atoms with Gasteiger partial charge in [0.1, 0.15) is 11.4 Å². The predicted molar refractivity (Wildman–Crippen MR) is 119 cm³/mol. The van der Waals surface area contributed by atoms with Gasteiger partial charge in [0.15, 0.2) is 5.76 Å². The van der Waals surface area contributed by atoms with E-state index in [-0.39, 0.29) is 24.1 Å². The monoisotopic (exact) mass is 452 g/mol. The average Bonchev–Trinajstić information content (AvgIpc) is 3.28. The van der Waals surface area contributed by atoms with E-state index in [4.69, 9.17) is 13.9 Å². The van der Waals surface area contributed by atoms with Crippen molar-refractivity contribution in [3.8, 4) is 23.1 Å². The molecule has 0 bridgehead atoms. The summed E-state index contributed by atoms with van der Waals surface area (Å²) in [6.45, 7) is 7.72. The van der Waals surface area contributed by atoms with Gasteiger partial charge in [0, 0.05) is 18.6 Å². The topological polar surface area (TPSA) is 118 Å². The van der Waals surface area contributed by atoms with Crippen LogP contribution in [-0.2, 0) is 4.74 Å². The summed E-state index contributed by atoms with van der Waals surface area (Å²) in [5.41, 5.74) is 0.452. The molecule has 9 heteroatoms. The van der Waals surface area contributed by atoms with Gasteiger partial charge in [-0.2, -0.15) is 5.26 Å². The second-order valence-electron chi connectivity index (χ2n) is 9.56. The van der Waals surface area contributed by atoms with E-state index in [1.807, 2.05) is 27.7 Å². The smallest absolute Gasteiger partial charge is 0.410 e. The van der Waals surface area contributed by atoms with E-state index < -0.39 is 17.6 Å². The molecule has 1 saturated carbocycles. The third kappa shape index (κ3) is 5.45. The van der Waals surface area contributed by atoms with Crippen molar-refractivity contribution in [2.24, 2.45) is 0 Å². The van der Waals surface area contributed by atoms with Crippen molar-refractivity contribution < 1.29 is 23.5 Å². The van der Waals surface area contributed by atoms with Crippen LogP contribution in [0.2, 0.25) is 0 Å². The number of ether oxygens (including phenoxy) is 2. The summed E-state index contributed by atoms with van der Waals surface area (Å²) in [4.78, 5) is 30.9. The molecule has 2 atom stereocenters. The molecule has 2 heterocycles. The lowest BCUT2D eigenvalue weighted by molar-refractivity contribution is 0.0235. The first kappa shape index (κ1) is 22.6. The minimum Gasteiger partial charge on any atom is -0.490 e. The summed E-state index contributed by atoms with van der Waals surface area (Å²) in [7, 11) is 0. The summed E-state index contributed by atoms with van der Waals surface area (Å²) in [5.74, 6) is 0.388. The molecule has 4 rings (SSSR count). The standard InChI is InChI=1S/C24H28N4O5/c1-14-9-16(13-28(14)23(30)33-24(2,3)4)27-21(29)22-26-12-20(32-22)18-10-15(11-25)5-8-19(18)31-17-6-7-17/h5,8,10,12,14,16-17H,6-7,9,13H2,1-4H3,(H,27,29)/t14-,16-/m1/s1. The predicted octanol–water partition coefficient (Wildman–Crippen LogP) is 3.88. The quantitative estimate of drug-likeness (QED) is 0.731. The molecule has 2 fully saturated rings. The number of likely N-dealkylation sites (tertiary alicyclic amines) is 1. The molecule has 1 aromatic carbocycles. The molecule has 0 unspecified atom stereocenters. The Kier molecular flexibility index (Phi) is 6.02. The number of amides is 2. The SMILES string of the molecule is C[C@@H]1C[C@@H](NC(=O)c2ncc(-c3cc(C#N)ccc3OC3CC3)o2)CN1C(=O)OC(C)(C)C. The molecule has 2 aliphatic rings. The number of nitrogens with zero attached hydrogens (tertiary/aromatic N) is 3. The van der Waals surface area contributed by atoms with Crippen LogP contribution in [0.5, 0.6) is 5.75 Å². The molecule has 1 aliphatic carbocycles. The Hall–Kier alpha value is -3.54. The first-order valence-electron chi connectivity index (χ1n) is 11.1. The van der Waals surface area contributed by atoms with Crippen molar-refractivity contribution in [1.29, 1.82) is 5.26 Å². The van der Waals surface area contributed by atoms with Gasteiger partial charge in [0.25, 0.3) is 5.89 Å². The largest absolute Gasteiger partial charge is 0.490 e. The normalized spacial score (nSPS) is 20.3. The lowest BCUT2D eigenvalue weighted by Crippen LogP contribution is -2.41. The van der Waals surface area contributed by atoms with E-state index in [0.29, 0.717) is 35.6 Å². The zero-order chi connectivity index (χ0) is 23.8. The first-order valence-corrected chi connectivity index (χ1v) is 11.1. The van der Waals surface area contributed by atoms with Gasteiger partial charge >= 0.3 is 12.0 Å². The Bertz CT molecular complexity index is 1090. The molecule has 1 aliphatic heterocycles. The molecular weight excluding hydrogens is 424 g/mol. The summed E-state index contributed by atoms with van der Waals surface area (Å²) in [6.07, 6.45) is 3.80. The van der Waals surface area contributed by atoms with Crippen LogP contribution >= 0.6 is 0 Å². The Morgan fingerprint density at radius 2 is 2.06 bits per heavy atom. The van der Waals surface area contributed by atoms with Gasteiger partial charge in [-0.25, -0.2) is 9.78 Å². The van der Waals surface area contributed by atoms with E-state index >= 15 is 0 Å². The lowest BCUT2D eigenvalue weighted by atomic mass is 10.1. The van der Waals surface area contributed by atoms with E-state index in [9.17, 15) is 14.9 Å². The Labute approximate surface area is 192 Å². The van der Waals surface area contributed by atoms with Crippen molar-refractivity contribution in [3.63, 3.8) is 0 Å². The zero-order valence-electron chi connectivity index (χ0n) is 19.3. The van der Waals surface area contributed by atoms with Crippen LogP contribution in [0.1, 0.15) is 63.2 Å². The van der Waals surface area contributed by atoms with E-state index in [1.165, 1.54) is 6.20 Å². The maximum Gasteiger partial charge on any atom is 0.410 e. The molecule has 2 amide bonds. The second-order valence-corrected chi connectivity index (χ2v) is 9.56. The van der Waals surface area contributed by atoms with Crippen LogP contribution in [0.4, 0.5) is 4.79 Å². The van der Waals surface area contributed by atoms with Crippen LogP contribution in [0.25, 0.3) is 11.3 Å². The number of nitrogens with one attached hydrogen (secondary N) is 1. The van der Waals surface area contributed by atoms with Gasteiger partial charge in [-0.15, -0.1) is 0 Å². The molecule has 2 aromatic rings. The number of hydrogen-bond acceptors (Lipinski definition) is 7. The summed E-state index contributed by atoms with van der Waals surface area (Å²) in [5, 5.41) is 12.1. The third-order valence-electron chi connectivity index (χ3n) is 5.43. The fourth-order valence-corrected chi connectivity index (χ4v) is 3.72. The van der Waals surface area contributed by atoms with E-state index in [0.717, 1.165) is 12.8 Å². The van der Waals surface area contributed by atoms with Gasteiger partial charge in [-0.05, 0) is 65.2 Å². The van der Waals surface area contributed by atoms with Gasteiger partial charge < -0.3 is 24.1 Å². The van der Waals surface area contributed by atoms with Crippen molar-refractivity contribution in [2.45, 2.75) is 70.7 Å². The van der Waals surface area contributed by atoms with Gasteiger partial charge in [0.05, 0.1) is 29.5 Å². The third-order valence-corrected chi connectivity index (χ3v) is 5.43. The van der Waals surface area contributed by atoms with Crippen LogP contribution in [-0.4, -0.2) is 52.2 Å². The maximum atomic E-state index is 12.8. The minimum atomic E-state index is -0.586. The van der Waals surface area contributed by atoms with Crippen LogP contribution in [0.3, 0.4) is 0 Å². The van der Waals surface area contributed by atoms with Crippen LogP contribution in [0.15, 0.2) is 28.8 Å². The Morgan fingerprint density at radius 3 is 2.73 bits per heavy atom. The lowest BCUT2D eigenvalue weighted by Gasteiger charge is -2.26. The summed E-state index contributed by atoms with van der Waals surface area (Å²) >= 11 is 0. The molecule has 1 N–H and O–H groups in total. The van der Waals surface area contributed by atoms with Gasteiger partial charge in [0.2, 0.25) is 0 Å². The Morgan fingerprint density at radius 1 is 1.30 bits per heavy atom. The number of rotatable bonds is 5. The highest BCUT2D eigenvalue weighted by Gasteiger charge is 2.36. The fraction of sp³-hybridized carbons (Fsp3) is 0.500. The first-order chi connectivity index (χ1) is 15.6. The zero-order valence-corrected chi connectivity index (χ0v) is 19.3. The summed E-state index contributed by atoms with van der Waals surface area (Å²) in [6, 6.07) is 6.87. The molecule has 1 saturated heterocycles. The van der Waals surface area contributed by atoms with Crippen LogP contribution < -0.4 is 10.1 Å². The number of oxazole rings is 1. The van der Waals surface area contributed by atoms with E-state index in [2.05, 4.69) is 16.4 Å². The molecule has 1 aromatic heterocycles. The van der Waals surface area contributed by atoms with E-state index in [1.54, 1.807) is 23.1 Å².